The van der Waals surface area contributed by atoms with Gasteiger partial charge in [-0.2, -0.15) is 11.8 Å². The van der Waals surface area contributed by atoms with Crippen LogP contribution < -0.4 is 5.32 Å². The minimum absolute atomic E-state index is 0.490. The monoisotopic (exact) mass is 272 g/mol. The molecule has 0 spiro atoms. The summed E-state index contributed by atoms with van der Waals surface area (Å²) in [7, 11) is 0. The molecule has 1 aromatic heterocycles. The third-order valence-electron chi connectivity index (χ3n) is 3.85. The van der Waals surface area contributed by atoms with Gasteiger partial charge in [0.2, 0.25) is 0 Å². The zero-order chi connectivity index (χ0) is 13.1. The maximum atomic E-state index is 4.40. The number of hydrogen-bond donors (Lipinski definition) is 1. The fourth-order valence-corrected chi connectivity index (χ4v) is 4.18. The van der Waals surface area contributed by atoms with Crippen molar-refractivity contribution >= 4 is 22.7 Å². The average Bonchev–Trinajstić information content (AvgIpc) is 2.98. The van der Waals surface area contributed by atoms with Crippen LogP contribution >= 0.6 is 11.8 Å². The molecule has 2 heterocycles. The highest BCUT2D eigenvalue weighted by atomic mass is 32.2. The van der Waals surface area contributed by atoms with Gasteiger partial charge < -0.3 is 5.32 Å². The van der Waals surface area contributed by atoms with E-state index in [-0.39, 0.29) is 0 Å². The van der Waals surface area contributed by atoms with Crippen molar-refractivity contribution < 1.29 is 0 Å². The quantitative estimate of drug-likeness (QED) is 0.920. The van der Waals surface area contributed by atoms with E-state index < -0.39 is 0 Å². The number of fused-ring (bicyclic) bond motifs is 1. The zero-order valence-corrected chi connectivity index (χ0v) is 12.1. The lowest BCUT2D eigenvalue weighted by molar-refractivity contribution is 0.401. The summed E-state index contributed by atoms with van der Waals surface area (Å²) in [5.74, 6) is 3.35. The van der Waals surface area contributed by atoms with Gasteiger partial charge in [0.1, 0.15) is 0 Å². The fourth-order valence-electron chi connectivity index (χ4n) is 2.88. The molecule has 1 N–H and O–H groups in total. The lowest BCUT2D eigenvalue weighted by Crippen LogP contribution is -2.28. The highest BCUT2D eigenvalue weighted by Gasteiger charge is 2.26. The standard InChI is InChI=1S/C16H20N2S/c1-2-17-16(14-7-9-19-11-14)13-5-6-15-12(10-13)4-3-8-18-15/h3-6,8,10,14,16-17H,2,7,9,11H2,1H3. The summed E-state index contributed by atoms with van der Waals surface area (Å²) in [6, 6.07) is 11.4. The van der Waals surface area contributed by atoms with Gasteiger partial charge in [-0.3, -0.25) is 4.98 Å². The summed E-state index contributed by atoms with van der Waals surface area (Å²) in [6.45, 7) is 3.22. The molecule has 0 aliphatic carbocycles. The third kappa shape index (κ3) is 2.77. The molecule has 2 nitrogen and oxygen atoms in total. The van der Waals surface area contributed by atoms with Crippen molar-refractivity contribution in [3.63, 3.8) is 0 Å². The van der Waals surface area contributed by atoms with Crippen molar-refractivity contribution in [2.45, 2.75) is 19.4 Å². The Kier molecular flexibility index (Phi) is 4.04. The van der Waals surface area contributed by atoms with Crippen molar-refractivity contribution in [2.75, 3.05) is 18.1 Å². The summed E-state index contributed by atoms with van der Waals surface area (Å²) >= 11 is 2.08. The van der Waals surface area contributed by atoms with E-state index in [1.54, 1.807) is 0 Å². The fraction of sp³-hybridized carbons (Fsp3) is 0.438. The van der Waals surface area contributed by atoms with E-state index in [0.717, 1.165) is 18.0 Å². The highest BCUT2D eigenvalue weighted by molar-refractivity contribution is 7.99. The van der Waals surface area contributed by atoms with Crippen molar-refractivity contribution in [1.29, 1.82) is 0 Å². The molecule has 0 saturated carbocycles. The highest BCUT2D eigenvalue weighted by Crippen LogP contribution is 2.34. The van der Waals surface area contributed by atoms with E-state index in [1.807, 2.05) is 12.3 Å². The van der Waals surface area contributed by atoms with E-state index in [1.165, 1.54) is 28.9 Å². The zero-order valence-electron chi connectivity index (χ0n) is 11.3. The Morgan fingerprint density at radius 3 is 3.16 bits per heavy atom. The number of pyridine rings is 1. The topological polar surface area (TPSA) is 24.9 Å². The van der Waals surface area contributed by atoms with E-state index in [2.05, 4.69) is 53.3 Å². The van der Waals surface area contributed by atoms with Gasteiger partial charge in [0.05, 0.1) is 5.52 Å². The van der Waals surface area contributed by atoms with Crippen molar-refractivity contribution in [3.8, 4) is 0 Å². The molecule has 2 aromatic rings. The van der Waals surface area contributed by atoms with E-state index >= 15 is 0 Å². The molecule has 3 rings (SSSR count). The summed E-state index contributed by atoms with van der Waals surface area (Å²) < 4.78 is 0. The van der Waals surface area contributed by atoms with Gasteiger partial charge in [0, 0.05) is 17.6 Å². The van der Waals surface area contributed by atoms with Gasteiger partial charge in [-0.15, -0.1) is 0 Å². The van der Waals surface area contributed by atoms with Crippen LogP contribution in [-0.4, -0.2) is 23.0 Å². The molecule has 0 bridgehead atoms. The van der Waals surface area contributed by atoms with E-state index in [9.17, 15) is 0 Å². The first-order valence-electron chi connectivity index (χ1n) is 7.04. The summed E-state index contributed by atoms with van der Waals surface area (Å²) in [4.78, 5) is 4.40. The molecule has 1 fully saturated rings. The van der Waals surface area contributed by atoms with Crippen LogP contribution in [0.15, 0.2) is 36.5 Å². The first-order valence-corrected chi connectivity index (χ1v) is 8.20. The summed E-state index contributed by atoms with van der Waals surface area (Å²) in [6.07, 6.45) is 3.19. The van der Waals surface area contributed by atoms with Crippen molar-refractivity contribution in [2.24, 2.45) is 5.92 Å². The Morgan fingerprint density at radius 1 is 1.42 bits per heavy atom. The summed E-state index contributed by atoms with van der Waals surface area (Å²) in [5.41, 5.74) is 2.50. The van der Waals surface area contributed by atoms with Gasteiger partial charge in [0.15, 0.2) is 0 Å². The molecule has 1 aliphatic rings. The van der Waals surface area contributed by atoms with Gasteiger partial charge in [-0.25, -0.2) is 0 Å². The van der Waals surface area contributed by atoms with Crippen LogP contribution in [0.25, 0.3) is 10.9 Å². The largest absolute Gasteiger partial charge is 0.310 e. The van der Waals surface area contributed by atoms with E-state index in [0.29, 0.717) is 6.04 Å². The van der Waals surface area contributed by atoms with Crippen LogP contribution in [0.3, 0.4) is 0 Å². The minimum Gasteiger partial charge on any atom is -0.310 e. The SMILES string of the molecule is CCNC(c1ccc2ncccc2c1)C1CCSC1. The molecule has 3 heteroatoms. The van der Waals surface area contributed by atoms with E-state index in [4.69, 9.17) is 0 Å². The number of rotatable bonds is 4. The molecule has 100 valence electrons. The second-order valence-corrected chi connectivity index (χ2v) is 6.26. The molecule has 19 heavy (non-hydrogen) atoms. The molecular formula is C16H20N2S. The number of thioether (sulfide) groups is 1. The first-order chi connectivity index (χ1) is 9.38. The molecule has 1 aromatic carbocycles. The average molecular weight is 272 g/mol. The molecule has 1 aliphatic heterocycles. The Labute approximate surface area is 119 Å². The molecule has 2 atom stereocenters. The van der Waals surface area contributed by atoms with Crippen LogP contribution in [-0.2, 0) is 0 Å². The van der Waals surface area contributed by atoms with Gasteiger partial charge in [0.25, 0.3) is 0 Å². The van der Waals surface area contributed by atoms with Crippen LogP contribution in [0.4, 0.5) is 0 Å². The molecule has 0 radical (unpaired) electrons. The molecule has 0 amide bonds. The number of hydrogen-bond acceptors (Lipinski definition) is 3. The minimum atomic E-state index is 0.490. The second kappa shape index (κ2) is 5.93. The van der Waals surface area contributed by atoms with Crippen molar-refractivity contribution in [1.82, 2.24) is 10.3 Å². The lowest BCUT2D eigenvalue weighted by Gasteiger charge is -2.24. The summed E-state index contributed by atoms with van der Waals surface area (Å²) in [5, 5.41) is 4.92. The van der Waals surface area contributed by atoms with Crippen LogP contribution in [0.5, 0.6) is 0 Å². The predicted octanol–water partition coefficient (Wildman–Crippen LogP) is 3.64. The Morgan fingerprint density at radius 2 is 2.37 bits per heavy atom. The normalized spacial score (nSPS) is 20.8. The van der Waals surface area contributed by atoms with Gasteiger partial charge in [-0.05, 0) is 54.2 Å². The molecule has 1 saturated heterocycles. The maximum Gasteiger partial charge on any atom is 0.0702 e. The van der Waals surface area contributed by atoms with Gasteiger partial charge in [-0.1, -0.05) is 19.1 Å². The number of benzene rings is 1. The third-order valence-corrected chi connectivity index (χ3v) is 5.03. The van der Waals surface area contributed by atoms with Crippen molar-refractivity contribution in [3.05, 3.63) is 42.1 Å². The number of nitrogens with one attached hydrogen (secondary N) is 1. The smallest absolute Gasteiger partial charge is 0.0702 e. The first kappa shape index (κ1) is 12.9. The Hall–Kier alpha value is -1.06. The number of nitrogens with zero attached hydrogens (tertiary/aromatic N) is 1. The van der Waals surface area contributed by atoms with Crippen LogP contribution in [0.2, 0.25) is 0 Å². The van der Waals surface area contributed by atoms with Crippen LogP contribution in [0.1, 0.15) is 24.9 Å². The Balaban J connectivity index is 1.94. The number of aromatic nitrogens is 1. The second-order valence-electron chi connectivity index (χ2n) is 5.11. The van der Waals surface area contributed by atoms with Gasteiger partial charge >= 0.3 is 0 Å². The Bertz CT molecular complexity index is 549. The lowest BCUT2D eigenvalue weighted by atomic mass is 9.91. The molecule has 2 unspecified atom stereocenters. The maximum absolute atomic E-state index is 4.40. The predicted molar refractivity (Wildman–Crippen MR) is 83.6 cm³/mol. The van der Waals surface area contributed by atoms with Crippen LogP contribution in [0, 0.1) is 5.92 Å². The molecular weight excluding hydrogens is 252 g/mol.